The van der Waals surface area contributed by atoms with E-state index in [1.165, 1.54) is 0 Å². The second-order valence-electron chi connectivity index (χ2n) is 7.94. The molecule has 0 aliphatic carbocycles. The van der Waals surface area contributed by atoms with Crippen molar-refractivity contribution in [3.05, 3.63) is 95.1 Å². The number of amides is 1. The quantitative estimate of drug-likeness (QED) is 0.315. The van der Waals surface area contributed by atoms with Crippen LogP contribution in [0.3, 0.4) is 0 Å². The van der Waals surface area contributed by atoms with Crippen LogP contribution in [0, 0.1) is 0 Å². The molecule has 0 saturated carbocycles. The molecule has 4 aromatic rings. The van der Waals surface area contributed by atoms with Gasteiger partial charge < -0.3 is 19.4 Å². The van der Waals surface area contributed by atoms with Gasteiger partial charge in [0, 0.05) is 55.2 Å². The van der Waals surface area contributed by atoms with Gasteiger partial charge in [-0.2, -0.15) is 0 Å². The third-order valence-corrected chi connectivity index (χ3v) is 5.88. The van der Waals surface area contributed by atoms with Crippen LogP contribution in [0.1, 0.15) is 23.5 Å². The fourth-order valence-electron chi connectivity index (χ4n) is 4.04. The summed E-state index contributed by atoms with van der Waals surface area (Å²) in [5, 5.41) is 4.75. The van der Waals surface area contributed by atoms with Crippen LogP contribution in [0.25, 0.3) is 10.9 Å². The number of para-hydroxylation sites is 1. The highest BCUT2D eigenvalue weighted by Gasteiger charge is 2.22. The average Bonchev–Trinajstić information content (AvgIpc) is 3.16. The van der Waals surface area contributed by atoms with Gasteiger partial charge in [0.05, 0.1) is 6.61 Å². The summed E-state index contributed by atoms with van der Waals surface area (Å²) in [4.78, 5) is 12.8. The van der Waals surface area contributed by atoms with Crippen molar-refractivity contribution in [1.29, 1.82) is 0 Å². The predicted molar refractivity (Wildman–Crippen MR) is 132 cm³/mol. The van der Waals surface area contributed by atoms with Gasteiger partial charge in [-0.15, -0.1) is 0 Å². The minimum absolute atomic E-state index is 0.0194. The van der Waals surface area contributed by atoms with Crippen LogP contribution >= 0.6 is 11.6 Å². The van der Waals surface area contributed by atoms with Gasteiger partial charge in [-0.25, -0.2) is 0 Å². The molecule has 0 aliphatic heterocycles. The summed E-state index contributed by atoms with van der Waals surface area (Å²) in [6.07, 6.45) is 2.44. The summed E-state index contributed by atoms with van der Waals surface area (Å²) in [5.74, 6) is 1.26. The van der Waals surface area contributed by atoms with Crippen LogP contribution in [-0.2, 0) is 16.6 Å². The molecule has 4 rings (SSSR count). The zero-order valence-corrected chi connectivity index (χ0v) is 19.5. The molecule has 33 heavy (non-hydrogen) atoms. The van der Waals surface area contributed by atoms with Gasteiger partial charge in [-0.3, -0.25) is 4.79 Å². The van der Waals surface area contributed by atoms with Gasteiger partial charge in [0.15, 0.2) is 0 Å². The number of rotatable bonds is 9. The number of halogens is 1. The van der Waals surface area contributed by atoms with Crippen molar-refractivity contribution in [2.75, 3.05) is 20.3 Å². The maximum Gasteiger partial charge on any atom is 0.221 e. The number of nitrogens with one attached hydrogen (secondary N) is 1. The topological polar surface area (TPSA) is 52.5 Å². The minimum Gasteiger partial charge on any atom is -0.457 e. The molecule has 1 aromatic heterocycles. The van der Waals surface area contributed by atoms with Crippen molar-refractivity contribution >= 4 is 28.4 Å². The van der Waals surface area contributed by atoms with E-state index >= 15 is 0 Å². The molecule has 170 valence electrons. The van der Waals surface area contributed by atoms with Crippen LogP contribution in [-0.4, -0.2) is 30.7 Å². The van der Waals surface area contributed by atoms with Crippen molar-refractivity contribution in [1.82, 2.24) is 9.88 Å². The normalized spacial score (nSPS) is 12.0. The molecule has 0 radical (unpaired) electrons. The molecule has 0 saturated heterocycles. The summed E-state index contributed by atoms with van der Waals surface area (Å²) in [6.45, 7) is 0.965. The molecular weight excluding hydrogens is 436 g/mol. The molecule has 0 bridgehead atoms. The number of aromatic nitrogens is 1. The first-order valence-corrected chi connectivity index (χ1v) is 11.3. The lowest BCUT2D eigenvalue weighted by molar-refractivity contribution is -0.121. The van der Waals surface area contributed by atoms with Gasteiger partial charge >= 0.3 is 0 Å². The summed E-state index contributed by atoms with van der Waals surface area (Å²) in [5.41, 5.74) is 3.25. The van der Waals surface area contributed by atoms with E-state index in [4.69, 9.17) is 21.1 Å². The Kier molecular flexibility index (Phi) is 7.33. The van der Waals surface area contributed by atoms with E-state index in [0.717, 1.165) is 22.0 Å². The molecule has 1 N–H and O–H groups in total. The number of hydrogen-bond acceptors (Lipinski definition) is 3. The predicted octanol–water partition coefficient (Wildman–Crippen LogP) is 5.91. The van der Waals surface area contributed by atoms with Gasteiger partial charge in [-0.1, -0.05) is 41.9 Å². The first-order chi connectivity index (χ1) is 16.0. The van der Waals surface area contributed by atoms with Gasteiger partial charge in [0.2, 0.25) is 5.91 Å². The van der Waals surface area contributed by atoms with Crippen LogP contribution in [0.4, 0.5) is 0 Å². The van der Waals surface area contributed by atoms with E-state index in [2.05, 4.69) is 28.2 Å². The van der Waals surface area contributed by atoms with Crippen LogP contribution in [0.2, 0.25) is 5.02 Å². The Morgan fingerprint density at radius 3 is 2.61 bits per heavy atom. The Morgan fingerprint density at radius 1 is 1.03 bits per heavy atom. The highest BCUT2D eigenvalue weighted by molar-refractivity contribution is 6.30. The van der Waals surface area contributed by atoms with E-state index in [0.29, 0.717) is 36.1 Å². The minimum atomic E-state index is -0.132. The maximum atomic E-state index is 12.8. The molecule has 5 nitrogen and oxygen atoms in total. The number of hydrogen-bond donors (Lipinski definition) is 1. The van der Waals surface area contributed by atoms with Crippen LogP contribution < -0.4 is 10.1 Å². The first-order valence-electron chi connectivity index (χ1n) is 10.9. The fourth-order valence-corrected chi connectivity index (χ4v) is 4.17. The molecule has 1 atom stereocenters. The van der Waals surface area contributed by atoms with E-state index in [1.807, 2.05) is 55.6 Å². The van der Waals surface area contributed by atoms with Gasteiger partial charge in [-0.05, 0) is 53.6 Å². The number of fused-ring (bicyclic) bond motifs is 1. The van der Waals surface area contributed by atoms with E-state index in [9.17, 15) is 4.79 Å². The Hall–Kier alpha value is -3.28. The molecular formula is C27H27ClN2O3. The number of benzene rings is 3. The van der Waals surface area contributed by atoms with Crippen LogP contribution in [0.15, 0.2) is 79.0 Å². The second-order valence-corrected chi connectivity index (χ2v) is 8.38. The summed E-state index contributed by atoms with van der Waals surface area (Å²) >= 11 is 5.99. The standard InChI is InChI=1S/C27H27ClN2O3/c1-30-18-25(23-8-3-4-9-26(23)30)24(17-27(31)29-14-15-32-2)19-6-5-7-22(16-19)33-21-12-10-20(28)11-13-21/h3-13,16,18,24H,14-15,17H2,1-2H3,(H,29,31). The van der Waals surface area contributed by atoms with Crippen molar-refractivity contribution in [3.63, 3.8) is 0 Å². The summed E-state index contributed by atoms with van der Waals surface area (Å²) in [6, 6.07) is 23.4. The Morgan fingerprint density at radius 2 is 1.82 bits per heavy atom. The lowest BCUT2D eigenvalue weighted by Crippen LogP contribution is -2.28. The zero-order valence-electron chi connectivity index (χ0n) is 18.8. The van der Waals surface area contributed by atoms with Crippen molar-refractivity contribution < 1.29 is 14.3 Å². The van der Waals surface area contributed by atoms with Crippen molar-refractivity contribution in [2.24, 2.45) is 7.05 Å². The van der Waals surface area contributed by atoms with E-state index in [-0.39, 0.29) is 11.8 Å². The number of ether oxygens (including phenoxy) is 2. The zero-order chi connectivity index (χ0) is 23.2. The Labute approximate surface area is 198 Å². The van der Waals surface area contributed by atoms with Gasteiger partial charge in [0.1, 0.15) is 11.5 Å². The molecule has 1 unspecified atom stereocenters. The number of aryl methyl sites for hydroxylation is 1. The summed E-state index contributed by atoms with van der Waals surface area (Å²) < 4.78 is 13.2. The second kappa shape index (κ2) is 10.6. The van der Waals surface area contributed by atoms with Gasteiger partial charge in [0.25, 0.3) is 0 Å². The Balaban J connectivity index is 1.68. The monoisotopic (exact) mass is 462 g/mol. The van der Waals surface area contributed by atoms with Crippen LogP contribution in [0.5, 0.6) is 11.5 Å². The molecule has 1 amide bonds. The Bertz CT molecular complexity index is 1230. The third kappa shape index (κ3) is 5.56. The number of carbonyl (C=O) groups excluding carboxylic acids is 1. The number of nitrogens with zero attached hydrogens (tertiary/aromatic N) is 1. The lowest BCUT2D eigenvalue weighted by Gasteiger charge is -2.18. The van der Waals surface area contributed by atoms with Crippen molar-refractivity contribution in [3.8, 4) is 11.5 Å². The maximum absolute atomic E-state index is 12.8. The fraction of sp³-hybridized carbons (Fsp3) is 0.222. The van der Waals surface area contributed by atoms with Crippen molar-refractivity contribution in [2.45, 2.75) is 12.3 Å². The average molecular weight is 463 g/mol. The molecule has 0 fully saturated rings. The SMILES string of the molecule is COCCNC(=O)CC(c1cccc(Oc2ccc(Cl)cc2)c1)c1cn(C)c2ccccc12. The van der Waals surface area contributed by atoms with E-state index < -0.39 is 0 Å². The highest BCUT2D eigenvalue weighted by atomic mass is 35.5. The van der Waals surface area contributed by atoms with E-state index in [1.54, 1.807) is 19.2 Å². The lowest BCUT2D eigenvalue weighted by atomic mass is 9.88. The highest BCUT2D eigenvalue weighted by Crippen LogP contribution is 2.36. The molecule has 1 heterocycles. The molecule has 3 aromatic carbocycles. The smallest absolute Gasteiger partial charge is 0.221 e. The largest absolute Gasteiger partial charge is 0.457 e. The molecule has 6 heteroatoms. The first kappa shape index (κ1) is 22.9. The third-order valence-electron chi connectivity index (χ3n) is 5.63. The molecule has 0 spiro atoms. The number of carbonyl (C=O) groups is 1. The summed E-state index contributed by atoms with van der Waals surface area (Å²) in [7, 11) is 3.65. The molecule has 0 aliphatic rings. The number of methoxy groups -OCH3 is 1.